The van der Waals surface area contributed by atoms with Gasteiger partial charge in [0.25, 0.3) is 0 Å². The van der Waals surface area contributed by atoms with E-state index < -0.39 is 11.6 Å². The molecular weight excluding hydrogens is 270 g/mol. The van der Waals surface area contributed by atoms with E-state index in [1.54, 1.807) is 6.07 Å². The summed E-state index contributed by atoms with van der Waals surface area (Å²) in [5.74, 6) is -1.33. The lowest BCUT2D eigenvalue weighted by atomic mass is 10.1. The number of fused-ring (bicyclic) bond motifs is 1. The van der Waals surface area contributed by atoms with Gasteiger partial charge in [-0.25, -0.2) is 13.8 Å². The van der Waals surface area contributed by atoms with Gasteiger partial charge < -0.3 is 4.98 Å². The molecule has 0 atom stereocenters. The molecule has 0 saturated heterocycles. The molecule has 0 bridgehead atoms. The molecule has 0 unspecified atom stereocenters. The monoisotopic (exact) mass is 278 g/mol. The molecule has 1 aromatic heterocycles. The Hall–Kier alpha value is -1.94. The van der Waals surface area contributed by atoms with Crippen LogP contribution in [0.15, 0.2) is 30.3 Å². The van der Waals surface area contributed by atoms with Crippen LogP contribution in [0.1, 0.15) is 5.56 Å². The Kier molecular flexibility index (Phi) is 2.75. The SMILES string of the molecule is Cc1cccc(-c2nc3cc(F)c(F)cc3[nH]2)c1Cl. The minimum Gasteiger partial charge on any atom is -0.338 e. The standard InChI is InChI=1S/C14H9ClF2N2/c1-7-3-2-4-8(13(7)15)14-18-11-5-9(16)10(17)6-12(11)19-14/h2-6H,1H3,(H,18,19). The summed E-state index contributed by atoms with van der Waals surface area (Å²) in [5.41, 5.74) is 2.42. The van der Waals surface area contributed by atoms with Crippen LogP contribution in [0.2, 0.25) is 5.02 Å². The van der Waals surface area contributed by atoms with Crippen molar-refractivity contribution in [2.24, 2.45) is 0 Å². The van der Waals surface area contributed by atoms with Crippen molar-refractivity contribution < 1.29 is 8.78 Å². The van der Waals surface area contributed by atoms with Gasteiger partial charge >= 0.3 is 0 Å². The van der Waals surface area contributed by atoms with Gasteiger partial charge in [-0.15, -0.1) is 0 Å². The van der Waals surface area contributed by atoms with Crippen molar-refractivity contribution in [1.29, 1.82) is 0 Å². The summed E-state index contributed by atoms with van der Waals surface area (Å²) in [6.45, 7) is 1.88. The summed E-state index contributed by atoms with van der Waals surface area (Å²) >= 11 is 6.21. The van der Waals surface area contributed by atoms with Gasteiger partial charge in [0.2, 0.25) is 0 Å². The average Bonchev–Trinajstić information content (AvgIpc) is 2.76. The van der Waals surface area contributed by atoms with Crippen molar-refractivity contribution in [2.45, 2.75) is 6.92 Å². The van der Waals surface area contributed by atoms with Crippen molar-refractivity contribution in [3.8, 4) is 11.4 Å². The minimum absolute atomic E-state index is 0.367. The number of halogens is 3. The number of rotatable bonds is 1. The molecule has 2 nitrogen and oxygen atoms in total. The second-order valence-corrected chi connectivity index (χ2v) is 4.68. The van der Waals surface area contributed by atoms with E-state index in [0.717, 1.165) is 17.7 Å². The van der Waals surface area contributed by atoms with Crippen LogP contribution in [0.3, 0.4) is 0 Å². The van der Waals surface area contributed by atoms with Crippen LogP contribution in [0.5, 0.6) is 0 Å². The zero-order valence-electron chi connectivity index (χ0n) is 9.97. The number of hydrogen-bond acceptors (Lipinski definition) is 1. The normalized spacial score (nSPS) is 11.2. The third-order valence-electron chi connectivity index (χ3n) is 2.97. The van der Waals surface area contributed by atoms with E-state index in [1.807, 2.05) is 19.1 Å². The number of aryl methyl sites for hydroxylation is 1. The first-order valence-electron chi connectivity index (χ1n) is 5.66. The first-order valence-corrected chi connectivity index (χ1v) is 6.04. The fourth-order valence-electron chi connectivity index (χ4n) is 1.96. The molecule has 3 rings (SSSR count). The zero-order chi connectivity index (χ0) is 13.6. The molecule has 1 N–H and O–H groups in total. The Morgan fingerprint density at radius 1 is 1.16 bits per heavy atom. The lowest BCUT2D eigenvalue weighted by Crippen LogP contribution is -1.84. The van der Waals surface area contributed by atoms with Crippen molar-refractivity contribution in [3.05, 3.63) is 52.6 Å². The maximum atomic E-state index is 13.2. The van der Waals surface area contributed by atoms with Crippen molar-refractivity contribution in [3.63, 3.8) is 0 Å². The molecule has 2 aromatic carbocycles. The Morgan fingerprint density at radius 3 is 2.68 bits per heavy atom. The summed E-state index contributed by atoms with van der Waals surface area (Å²) in [5, 5.41) is 0.572. The van der Waals surface area contributed by atoms with Gasteiger partial charge in [0.1, 0.15) is 5.82 Å². The number of hydrogen-bond donors (Lipinski definition) is 1. The predicted octanol–water partition coefficient (Wildman–Crippen LogP) is 4.47. The van der Waals surface area contributed by atoms with Gasteiger partial charge in [0.05, 0.1) is 16.1 Å². The van der Waals surface area contributed by atoms with Gasteiger partial charge in [0, 0.05) is 17.7 Å². The molecule has 1 heterocycles. The molecule has 96 valence electrons. The summed E-state index contributed by atoms with van der Waals surface area (Å²) in [7, 11) is 0. The molecule has 5 heteroatoms. The van der Waals surface area contributed by atoms with Gasteiger partial charge in [-0.05, 0) is 18.6 Å². The van der Waals surface area contributed by atoms with Crippen molar-refractivity contribution in [1.82, 2.24) is 9.97 Å². The minimum atomic E-state index is -0.916. The Bertz CT molecular complexity index is 741. The summed E-state index contributed by atoms with van der Waals surface area (Å²) < 4.78 is 26.3. The fourth-order valence-corrected chi connectivity index (χ4v) is 2.18. The quantitative estimate of drug-likeness (QED) is 0.699. The second kappa shape index (κ2) is 4.31. The topological polar surface area (TPSA) is 28.7 Å². The number of aromatic amines is 1. The Morgan fingerprint density at radius 2 is 1.89 bits per heavy atom. The van der Waals surface area contributed by atoms with E-state index >= 15 is 0 Å². The number of nitrogens with zero attached hydrogens (tertiary/aromatic N) is 1. The molecule has 0 saturated carbocycles. The van der Waals surface area contributed by atoms with E-state index in [1.165, 1.54) is 0 Å². The van der Waals surface area contributed by atoms with Crippen LogP contribution in [0, 0.1) is 18.6 Å². The van der Waals surface area contributed by atoms with Gasteiger partial charge in [-0.1, -0.05) is 23.7 Å². The Labute approximate surface area is 113 Å². The molecule has 0 amide bonds. The second-order valence-electron chi connectivity index (χ2n) is 4.31. The van der Waals surface area contributed by atoms with E-state index in [9.17, 15) is 8.78 Å². The van der Waals surface area contributed by atoms with E-state index in [2.05, 4.69) is 9.97 Å². The molecule has 3 aromatic rings. The summed E-state index contributed by atoms with van der Waals surface area (Å²) in [6.07, 6.45) is 0. The van der Waals surface area contributed by atoms with Crippen LogP contribution < -0.4 is 0 Å². The van der Waals surface area contributed by atoms with E-state index in [0.29, 0.717) is 27.4 Å². The van der Waals surface area contributed by atoms with Crippen LogP contribution in [-0.2, 0) is 0 Å². The predicted molar refractivity (Wildman–Crippen MR) is 71.2 cm³/mol. The van der Waals surface area contributed by atoms with Crippen molar-refractivity contribution in [2.75, 3.05) is 0 Å². The van der Waals surface area contributed by atoms with Crippen LogP contribution in [0.25, 0.3) is 22.4 Å². The average molecular weight is 279 g/mol. The number of imidazole rings is 1. The number of nitrogens with one attached hydrogen (secondary N) is 1. The molecule has 0 aliphatic heterocycles. The van der Waals surface area contributed by atoms with Gasteiger partial charge in [0.15, 0.2) is 11.6 Å². The highest BCUT2D eigenvalue weighted by Crippen LogP contribution is 2.30. The van der Waals surface area contributed by atoms with Crippen LogP contribution in [0.4, 0.5) is 8.78 Å². The highest BCUT2D eigenvalue weighted by Gasteiger charge is 2.12. The van der Waals surface area contributed by atoms with Crippen LogP contribution >= 0.6 is 11.6 Å². The maximum Gasteiger partial charge on any atom is 0.161 e. The first kappa shape index (κ1) is 12.1. The summed E-state index contributed by atoms with van der Waals surface area (Å²) in [6, 6.07) is 7.69. The van der Waals surface area contributed by atoms with Crippen molar-refractivity contribution >= 4 is 22.6 Å². The third-order valence-corrected chi connectivity index (χ3v) is 3.47. The maximum absolute atomic E-state index is 13.2. The zero-order valence-corrected chi connectivity index (χ0v) is 10.7. The number of benzene rings is 2. The lowest BCUT2D eigenvalue weighted by molar-refractivity contribution is 0.510. The number of aromatic nitrogens is 2. The van der Waals surface area contributed by atoms with Gasteiger partial charge in [-0.3, -0.25) is 0 Å². The third kappa shape index (κ3) is 1.98. The highest BCUT2D eigenvalue weighted by molar-refractivity contribution is 6.34. The highest BCUT2D eigenvalue weighted by atomic mass is 35.5. The van der Waals surface area contributed by atoms with E-state index in [4.69, 9.17) is 11.6 Å². The summed E-state index contributed by atoms with van der Waals surface area (Å²) in [4.78, 5) is 7.19. The van der Waals surface area contributed by atoms with E-state index in [-0.39, 0.29) is 0 Å². The van der Waals surface area contributed by atoms with Crippen LogP contribution in [-0.4, -0.2) is 9.97 Å². The molecule has 0 spiro atoms. The first-order chi connectivity index (χ1) is 9.06. The number of H-pyrrole nitrogens is 1. The fraction of sp³-hybridized carbons (Fsp3) is 0.0714. The molecule has 0 aliphatic rings. The largest absolute Gasteiger partial charge is 0.338 e. The molecular formula is C14H9ClF2N2. The molecule has 0 fully saturated rings. The molecule has 0 radical (unpaired) electrons. The molecule has 0 aliphatic carbocycles. The smallest absolute Gasteiger partial charge is 0.161 e. The Balaban J connectivity index is 2.23. The van der Waals surface area contributed by atoms with Gasteiger partial charge in [-0.2, -0.15) is 0 Å². The molecule has 19 heavy (non-hydrogen) atoms. The lowest BCUT2D eigenvalue weighted by Gasteiger charge is -2.02.